The Balaban J connectivity index is 1.98. The molecule has 118 valence electrons. The number of carbonyl (C=O) groups is 1. The Morgan fingerprint density at radius 3 is 2.55 bits per heavy atom. The third-order valence-corrected chi connectivity index (χ3v) is 5.21. The molecule has 0 aliphatic heterocycles. The summed E-state index contributed by atoms with van der Waals surface area (Å²) in [5.41, 5.74) is 5.46. The molecule has 0 aromatic heterocycles. The number of rotatable bonds is 6. The summed E-state index contributed by atoms with van der Waals surface area (Å²) >= 11 is 1.55. The molecular formula is C18H24N2OS. The van der Waals surface area contributed by atoms with E-state index in [9.17, 15) is 4.79 Å². The van der Waals surface area contributed by atoms with Crippen molar-refractivity contribution in [3.05, 3.63) is 42.5 Å². The molecule has 3 N–H and O–H groups in total. The molecule has 0 saturated carbocycles. The van der Waals surface area contributed by atoms with E-state index in [1.54, 1.807) is 11.8 Å². The maximum atomic E-state index is 12.2. The Kier molecular flexibility index (Phi) is 5.48. The van der Waals surface area contributed by atoms with Crippen molar-refractivity contribution < 1.29 is 4.79 Å². The first-order chi connectivity index (χ1) is 10.4. The van der Waals surface area contributed by atoms with Gasteiger partial charge in [0.25, 0.3) is 0 Å². The third-order valence-electron chi connectivity index (χ3n) is 4.21. The summed E-state index contributed by atoms with van der Waals surface area (Å²) in [6, 6.07) is 14.5. The lowest BCUT2D eigenvalue weighted by atomic mass is 9.88. The summed E-state index contributed by atoms with van der Waals surface area (Å²) in [5.74, 6) is 0.729. The molecule has 2 aromatic rings. The van der Waals surface area contributed by atoms with Gasteiger partial charge in [0.15, 0.2) is 0 Å². The number of benzene rings is 2. The summed E-state index contributed by atoms with van der Waals surface area (Å²) in [4.78, 5) is 13.3. The third kappa shape index (κ3) is 4.02. The topological polar surface area (TPSA) is 55.1 Å². The SMILES string of the molecule is CC(C)C(C)(CN)NC(=O)CSc1ccc2ccccc2c1. The van der Waals surface area contributed by atoms with Gasteiger partial charge in [0, 0.05) is 11.4 Å². The highest BCUT2D eigenvalue weighted by atomic mass is 32.2. The van der Waals surface area contributed by atoms with Crippen molar-refractivity contribution in [2.75, 3.05) is 12.3 Å². The summed E-state index contributed by atoms with van der Waals surface area (Å²) in [6.07, 6.45) is 0. The van der Waals surface area contributed by atoms with E-state index in [0.717, 1.165) is 4.90 Å². The normalized spacial score (nSPS) is 14.0. The van der Waals surface area contributed by atoms with Crippen LogP contribution in [0.4, 0.5) is 0 Å². The van der Waals surface area contributed by atoms with E-state index in [2.05, 4.69) is 49.5 Å². The van der Waals surface area contributed by atoms with Crippen LogP contribution >= 0.6 is 11.8 Å². The van der Waals surface area contributed by atoms with Gasteiger partial charge in [-0.25, -0.2) is 0 Å². The Bertz CT molecular complexity index is 656. The highest BCUT2D eigenvalue weighted by Crippen LogP contribution is 2.24. The molecule has 2 rings (SSSR count). The zero-order valence-corrected chi connectivity index (χ0v) is 14.2. The van der Waals surface area contributed by atoms with E-state index in [4.69, 9.17) is 5.73 Å². The van der Waals surface area contributed by atoms with E-state index >= 15 is 0 Å². The number of hydrogen-bond acceptors (Lipinski definition) is 3. The molecule has 2 aromatic carbocycles. The summed E-state index contributed by atoms with van der Waals surface area (Å²) in [5, 5.41) is 5.48. The number of nitrogens with one attached hydrogen (secondary N) is 1. The van der Waals surface area contributed by atoms with Crippen molar-refractivity contribution >= 4 is 28.4 Å². The molecule has 0 bridgehead atoms. The van der Waals surface area contributed by atoms with Crippen LogP contribution in [0.15, 0.2) is 47.4 Å². The lowest BCUT2D eigenvalue weighted by Gasteiger charge is -2.33. The number of carbonyl (C=O) groups excluding carboxylic acids is 1. The van der Waals surface area contributed by atoms with E-state index in [0.29, 0.717) is 18.2 Å². The molecule has 0 fully saturated rings. The molecule has 3 nitrogen and oxygen atoms in total. The van der Waals surface area contributed by atoms with Gasteiger partial charge in [-0.3, -0.25) is 4.79 Å². The first kappa shape index (κ1) is 16.8. The molecule has 1 atom stereocenters. The minimum Gasteiger partial charge on any atom is -0.349 e. The fourth-order valence-electron chi connectivity index (χ4n) is 2.19. The van der Waals surface area contributed by atoms with Gasteiger partial charge >= 0.3 is 0 Å². The molecular weight excluding hydrogens is 292 g/mol. The van der Waals surface area contributed by atoms with Crippen molar-refractivity contribution in [3.63, 3.8) is 0 Å². The van der Waals surface area contributed by atoms with Gasteiger partial charge in [0.2, 0.25) is 5.91 Å². The number of nitrogens with two attached hydrogens (primary N) is 1. The van der Waals surface area contributed by atoms with Crippen molar-refractivity contribution in [1.29, 1.82) is 0 Å². The van der Waals surface area contributed by atoms with Gasteiger partial charge in [-0.2, -0.15) is 0 Å². The Hall–Kier alpha value is -1.52. The van der Waals surface area contributed by atoms with Crippen LogP contribution in [0.1, 0.15) is 20.8 Å². The van der Waals surface area contributed by atoms with Crippen LogP contribution in [-0.2, 0) is 4.79 Å². The largest absolute Gasteiger partial charge is 0.349 e. The highest BCUT2D eigenvalue weighted by Gasteiger charge is 2.28. The van der Waals surface area contributed by atoms with Gasteiger partial charge in [-0.05, 0) is 35.7 Å². The van der Waals surface area contributed by atoms with Crippen molar-refractivity contribution in [2.24, 2.45) is 11.7 Å². The zero-order valence-electron chi connectivity index (χ0n) is 13.4. The van der Waals surface area contributed by atoms with Crippen LogP contribution in [0.3, 0.4) is 0 Å². The molecule has 0 aliphatic carbocycles. The fraction of sp³-hybridized carbons (Fsp3) is 0.389. The van der Waals surface area contributed by atoms with Gasteiger partial charge in [-0.15, -0.1) is 11.8 Å². The summed E-state index contributed by atoms with van der Waals surface area (Å²) < 4.78 is 0. The lowest BCUT2D eigenvalue weighted by molar-refractivity contribution is -0.120. The molecule has 22 heavy (non-hydrogen) atoms. The van der Waals surface area contributed by atoms with Gasteiger partial charge in [-0.1, -0.05) is 44.2 Å². The van der Waals surface area contributed by atoms with Crippen LogP contribution in [0, 0.1) is 5.92 Å². The average Bonchev–Trinajstić information content (AvgIpc) is 2.52. The molecule has 0 radical (unpaired) electrons. The van der Waals surface area contributed by atoms with Crippen LogP contribution in [-0.4, -0.2) is 23.7 Å². The van der Waals surface area contributed by atoms with Crippen molar-refractivity contribution in [3.8, 4) is 0 Å². The van der Waals surface area contributed by atoms with E-state index in [-0.39, 0.29) is 11.4 Å². The number of hydrogen-bond donors (Lipinski definition) is 2. The second-order valence-electron chi connectivity index (χ2n) is 6.12. The van der Waals surface area contributed by atoms with E-state index in [1.165, 1.54) is 10.8 Å². The maximum absolute atomic E-state index is 12.2. The Labute approximate surface area is 136 Å². The van der Waals surface area contributed by atoms with Gasteiger partial charge in [0.1, 0.15) is 0 Å². The number of fused-ring (bicyclic) bond motifs is 1. The molecule has 1 amide bonds. The predicted octanol–water partition coefficient (Wildman–Crippen LogP) is 3.42. The number of thioether (sulfide) groups is 1. The molecule has 0 aliphatic rings. The van der Waals surface area contributed by atoms with Crippen LogP contribution < -0.4 is 11.1 Å². The first-order valence-electron chi connectivity index (χ1n) is 7.57. The first-order valence-corrected chi connectivity index (χ1v) is 8.56. The second kappa shape index (κ2) is 7.16. The van der Waals surface area contributed by atoms with Crippen LogP contribution in [0.2, 0.25) is 0 Å². The molecule has 1 unspecified atom stereocenters. The molecule has 0 saturated heterocycles. The molecule has 0 spiro atoms. The fourth-order valence-corrected chi connectivity index (χ4v) is 2.94. The van der Waals surface area contributed by atoms with E-state index < -0.39 is 0 Å². The quantitative estimate of drug-likeness (QED) is 0.803. The molecule has 4 heteroatoms. The maximum Gasteiger partial charge on any atom is 0.230 e. The standard InChI is InChI=1S/C18H24N2OS/c1-13(2)18(3,12-19)20-17(21)11-22-16-9-8-14-6-4-5-7-15(14)10-16/h4-10,13H,11-12,19H2,1-3H3,(H,20,21). The predicted molar refractivity (Wildman–Crippen MR) is 95.1 cm³/mol. The minimum absolute atomic E-state index is 0.0276. The van der Waals surface area contributed by atoms with Crippen LogP contribution in [0.5, 0.6) is 0 Å². The van der Waals surface area contributed by atoms with Gasteiger partial charge < -0.3 is 11.1 Å². The Morgan fingerprint density at radius 1 is 1.23 bits per heavy atom. The van der Waals surface area contributed by atoms with Gasteiger partial charge in [0.05, 0.1) is 11.3 Å². The van der Waals surface area contributed by atoms with E-state index in [1.807, 2.05) is 19.1 Å². The minimum atomic E-state index is -0.346. The van der Waals surface area contributed by atoms with Crippen LogP contribution in [0.25, 0.3) is 10.8 Å². The summed E-state index contributed by atoms with van der Waals surface area (Å²) in [7, 11) is 0. The monoisotopic (exact) mass is 316 g/mol. The second-order valence-corrected chi connectivity index (χ2v) is 7.17. The zero-order chi connectivity index (χ0) is 16.2. The molecule has 0 heterocycles. The summed E-state index contributed by atoms with van der Waals surface area (Å²) in [6.45, 7) is 6.58. The lowest BCUT2D eigenvalue weighted by Crippen LogP contribution is -2.55. The highest BCUT2D eigenvalue weighted by molar-refractivity contribution is 8.00. The number of amides is 1. The van der Waals surface area contributed by atoms with Crippen molar-refractivity contribution in [2.45, 2.75) is 31.2 Å². The smallest absolute Gasteiger partial charge is 0.230 e. The Morgan fingerprint density at radius 2 is 1.91 bits per heavy atom. The van der Waals surface area contributed by atoms with Crippen molar-refractivity contribution in [1.82, 2.24) is 5.32 Å². The average molecular weight is 316 g/mol.